The summed E-state index contributed by atoms with van der Waals surface area (Å²) in [5.74, 6) is 0.889. The SMILES string of the molecule is CCOc1ccc(Cl)cc1C(c1nc2ccccc2s1)N1CCNCC1. The van der Waals surface area contributed by atoms with Crippen LogP contribution in [0, 0.1) is 0 Å². The molecule has 0 bridgehead atoms. The number of fused-ring (bicyclic) bond motifs is 1. The first-order valence-corrected chi connectivity index (χ1v) is 10.2. The van der Waals surface area contributed by atoms with E-state index in [0.29, 0.717) is 6.61 Å². The van der Waals surface area contributed by atoms with E-state index in [1.165, 1.54) is 4.70 Å². The fourth-order valence-corrected chi connectivity index (χ4v) is 4.76. The molecule has 26 heavy (non-hydrogen) atoms. The van der Waals surface area contributed by atoms with E-state index in [4.69, 9.17) is 21.3 Å². The zero-order chi connectivity index (χ0) is 17.9. The molecule has 2 heterocycles. The Kier molecular flexibility index (Phi) is 5.41. The topological polar surface area (TPSA) is 37.4 Å². The second-order valence-electron chi connectivity index (χ2n) is 6.32. The maximum absolute atomic E-state index is 6.36. The van der Waals surface area contributed by atoms with E-state index in [1.807, 2.05) is 31.2 Å². The Morgan fingerprint density at radius 3 is 2.81 bits per heavy atom. The molecule has 0 saturated carbocycles. The largest absolute Gasteiger partial charge is 0.494 e. The monoisotopic (exact) mass is 387 g/mol. The summed E-state index contributed by atoms with van der Waals surface area (Å²) in [6.45, 7) is 6.54. The van der Waals surface area contributed by atoms with Crippen molar-refractivity contribution in [2.45, 2.75) is 13.0 Å². The Hall–Kier alpha value is -1.66. The molecule has 1 aliphatic rings. The summed E-state index contributed by atoms with van der Waals surface area (Å²) in [6, 6.07) is 14.3. The summed E-state index contributed by atoms with van der Waals surface area (Å²) >= 11 is 8.12. The molecule has 1 unspecified atom stereocenters. The maximum atomic E-state index is 6.36. The molecular formula is C20H22ClN3OS. The maximum Gasteiger partial charge on any atom is 0.124 e. The van der Waals surface area contributed by atoms with Crippen molar-refractivity contribution in [2.24, 2.45) is 0 Å². The highest BCUT2D eigenvalue weighted by atomic mass is 35.5. The number of nitrogens with one attached hydrogen (secondary N) is 1. The van der Waals surface area contributed by atoms with Crippen LogP contribution in [0.3, 0.4) is 0 Å². The summed E-state index contributed by atoms with van der Waals surface area (Å²) in [4.78, 5) is 7.43. The van der Waals surface area contributed by atoms with E-state index in [1.54, 1.807) is 11.3 Å². The zero-order valence-corrected chi connectivity index (χ0v) is 16.3. The summed E-state index contributed by atoms with van der Waals surface area (Å²) < 4.78 is 7.15. The minimum absolute atomic E-state index is 0.0507. The normalized spacial score (nSPS) is 16.7. The molecule has 3 aromatic rings. The van der Waals surface area contributed by atoms with Gasteiger partial charge >= 0.3 is 0 Å². The van der Waals surface area contributed by atoms with Crippen molar-refractivity contribution < 1.29 is 4.74 Å². The van der Waals surface area contributed by atoms with Crippen LogP contribution in [0.4, 0.5) is 0 Å². The highest BCUT2D eigenvalue weighted by molar-refractivity contribution is 7.18. The Bertz CT molecular complexity index is 859. The van der Waals surface area contributed by atoms with Gasteiger partial charge in [-0.1, -0.05) is 23.7 Å². The Morgan fingerprint density at radius 1 is 1.23 bits per heavy atom. The lowest BCUT2D eigenvalue weighted by Gasteiger charge is -2.34. The standard InChI is InChI=1S/C20H22ClN3OS/c1-2-25-17-8-7-14(21)13-15(17)19(24-11-9-22-10-12-24)20-23-16-5-3-4-6-18(16)26-20/h3-8,13,19,22H,2,9-12H2,1H3. The van der Waals surface area contributed by atoms with Gasteiger partial charge in [0.1, 0.15) is 10.8 Å². The molecule has 1 aliphatic heterocycles. The molecule has 0 amide bonds. The molecular weight excluding hydrogens is 366 g/mol. The van der Waals surface area contributed by atoms with Gasteiger partial charge in [0, 0.05) is 36.8 Å². The third-order valence-electron chi connectivity index (χ3n) is 4.63. The Labute approximate surface area is 162 Å². The molecule has 1 atom stereocenters. The molecule has 1 fully saturated rings. The van der Waals surface area contributed by atoms with Gasteiger partial charge in [-0.05, 0) is 37.3 Å². The van der Waals surface area contributed by atoms with Crippen LogP contribution in [0.2, 0.25) is 5.02 Å². The molecule has 0 radical (unpaired) electrons. The van der Waals surface area contributed by atoms with E-state index in [-0.39, 0.29) is 6.04 Å². The zero-order valence-electron chi connectivity index (χ0n) is 14.7. The molecule has 4 rings (SSSR count). The third-order valence-corrected chi connectivity index (χ3v) is 5.95. The van der Waals surface area contributed by atoms with Crippen molar-refractivity contribution in [3.63, 3.8) is 0 Å². The van der Waals surface area contributed by atoms with Gasteiger partial charge in [-0.3, -0.25) is 4.90 Å². The number of thiazole rings is 1. The molecule has 4 nitrogen and oxygen atoms in total. The second-order valence-corrected chi connectivity index (χ2v) is 7.82. The highest BCUT2D eigenvalue weighted by Gasteiger charge is 2.29. The van der Waals surface area contributed by atoms with Crippen molar-refractivity contribution in [3.05, 3.63) is 58.1 Å². The van der Waals surface area contributed by atoms with Gasteiger partial charge in [0.25, 0.3) is 0 Å². The third kappa shape index (κ3) is 3.58. The number of hydrogen-bond acceptors (Lipinski definition) is 5. The van der Waals surface area contributed by atoms with Gasteiger partial charge < -0.3 is 10.1 Å². The van der Waals surface area contributed by atoms with Crippen molar-refractivity contribution in [1.82, 2.24) is 15.2 Å². The van der Waals surface area contributed by atoms with Crippen LogP contribution in [0.15, 0.2) is 42.5 Å². The van der Waals surface area contributed by atoms with E-state index in [2.05, 4.69) is 28.4 Å². The number of hydrogen-bond donors (Lipinski definition) is 1. The second kappa shape index (κ2) is 7.92. The van der Waals surface area contributed by atoms with E-state index >= 15 is 0 Å². The number of aromatic nitrogens is 1. The molecule has 0 spiro atoms. The molecule has 1 aromatic heterocycles. The first-order valence-electron chi connectivity index (χ1n) is 8.98. The van der Waals surface area contributed by atoms with Gasteiger partial charge in [-0.25, -0.2) is 4.98 Å². The fourth-order valence-electron chi connectivity index (χ4n) is 3.45. The fraction of sp³-hybridized carbons (Fsp3) is 0.350. The van der Waals surface area contributed by atoms with Gasteiger partial charge in [-0.2, -0.15) is 0 Å². The summed E-state index contributed by atoms with van der Waals surface area (Å²) in [7, 11) is 0. The number of para-hydroxylation sites is 1. The van der Waals surface area contributed by atoms with Crippen molar-refractivity contribution in [1.29, 1.82) is 0 Å². The summed E-state index contributed by atoms with van der Waals surface area (Å²) in [5, 5.41) is 5.25. The van der Waals surface area contributed by atoms with Gasteiger partial charge in [-0.15, -0.1) is 11.3 Å². The van der Waals surface area contributed by atoms with Gasteiger partial charge in [0.2, 0.25) is 0 Å². The molecule has 1 N–H and O–H groups in total. The van der Waals surface area contributed by atoms with Gasteiger partial charge in [0.15, 0.2) is 0 Å². The first-order chi connectivity index (χ1) is 12.8. The summed E-state index contributed by atoms with van der Waals surface area (Å²) in [6.07, 6.45) is 0. The number of benzene rings is 2. The lowest BCUT2D eigenvalue weighted by molar-refractivity contribution is 0.194. The van der Waals surface area contributed by atoms with Crippen molar-refractivity contribution >= 4 is 33.2 Å². The lowest BCUT2D eigenvalue weighted by Crippen LogP contribution is -2.45. The molecule has 2 aromatic carbocycles. The van der Waals surface area contributed by atoms with Crippen LogP contribution in [-0.2, 0) is 0 Å². The molecule has 136 valence electrons. The number of ether oxygens (including phenoxy) is 1. The van der Waals surface area contributed by atoms with E-state index in [9.17, 15) is 0 Å². The summed E-state index contributed by atoms with van der Waals surface area (Å²) in [5.41, 5.74) is 2.15. The highest BCUT2D eigenvalue weighted by Crippen LogP contribution is 2.39. The number of nitrogens with zero attached hydrogens (tertiary/aromatic N) is 2. The van der Waals surface area contributed by atoms with Crippen LogP contribution in [0.5, 0.6) is 5.75 Å². The van der Waals surface area contributed by atoms with Crippen molar-refractivity contribution in [3.8, 4) is 5.75 Å². The van der Waals surface area contributed by atoms with E-state index in [0.717, 1.165) is 53.0 Å². The quantitative estimate of drug-likeness (QED) is 0.706. The average molecular weight is 388 g/mol. The number of rotatable bonds is 5. The predicted molar refractivity (Wildman–Crippen MR) is 109 cm³/mol. The van der Waals surface area contributed by atoms with Crippen LogP contribution in [0.1, 0.15) is 23.5 Å². The van der Waals surface area contributed by atoms with Crippen molar-refractivity contribution in [2.75, 3.05) is 32.8 Å². The Morgan fingerprint density at radius 2 is 2.04 bits per heavy atom. The molecule has 0 aliphatic carbocycles. The Balaban J connectivity index is 1.84. The first kappa shape index (κ1) is 17.7. The average Bonchev–Trinajstić information content (AvgIpc) is 3.08. The lowest BCUT2D eigenvalue weighted by atomic mass is 10.0. The molecule has 6 heteroatoms. The minimum atomic E-state index is 0.0507. The van der Waals surface area contributed by atoms with Crippen LogP contribution >= 0.6 is 22.9 Å². The smallest absolute Gasteiger partial charge is 0.124 e. The number of halogens is 1. The van der Waals surface area contributed by atoms with Crippen LogP contribution < -0.4 is 10.1 Å². The van der Waals surface area contributed by atoms with Crippen LogP contribution in [-0.4, -0.2) is 42.7 Å². The predicted octanol–water partition coefficient (Wildman–Crippen LogP) is 4.34. The number of piperazine rings is 1. The van der Waals surface area contributed by atoms with Gasteiger partial charge in [0.05, 0.1) is 22.9 Å². The molecule has 1 saturated heterocycles. The minimum Gasteiger partial charge on any atom is -0.494 e. The van der Waals surface area contributed by atoms with Crippen LogP contribution in [0.25, 0.3) is 10.2 Å². The van der Waals surface area contributed by atoms with E-state index < -0.39 is 0 Å².